The second-order valence-corrected chi connectivity index (χ2v) is 18.0. The lowest BCUT2D eigenvalue weighted by Crippen LogP contribution is -2.50. The molecule has 0 radical (unpaired) electrons. The maximum Gasteiger partial charge on any atom is 0.0449 e. The SMILES string of the molecule is [2H]C1(c2cc(C(C)(C)C(C)(C)C)c(N(C(C)C)C(C)(C)C)c(C(C)(C)C(C)(C)C)c2)CCC2(CCCCC2)CC1. The van der Waals surface area contributed by atoms with Crippen LogP contribution in [0.2, 0.25) is 0 Å². The van der Waals surface area contributed by atoms with E-state index in [9.17, 15) is 1.37 Å². The van der Waals surface area contributed by atoms with Crippen LogP contribution < -0.4 is 4.90 Å². The minimum atomic E-state index is -0.503. The van der Waals surface area contributed by atoms with E-state index in [-0.39, 0.29) is 27.2 Å². The molecule has 0 unspecified atom stereocenters. The Balaban J connectivity index is 2.39. The van der Waals surface area contributed by atoms with Gasteiger partial charge in [0, 0.05) is 18.6 Å². The third kappa shape index (κ3) is 6.28. The molecule has 1 heteroatoms. The Morgan fingerprint density at radius 3 is 1.44 bits per heavy atom. The zero-order valence-electron chi connectivity index (χ0n) is 30.0. The highest BCUT2D eigenvalue weighted by molar-refractivity contribution is 5.68. The van der Waals surface area contributed by atoms with Crippen molar-refractivity contribution in [1.82, 2.24) is 0 Å². The molecule has 1 aromatic rings. The number of benzene rings is 1. The van der Waals surface area contributed by atoms with Crippen LogP contribution in [0.1, 0.15) is 186 Å². The second-order valence-electron chi connectivity index (χ2n) is 18.0. The molecule has 39 heavy (non-hydrogen) atoms. The number of hydrogen-bond donors (Lipinski definition) is 0. The molecule has 0 N–H and O–H groups in total. The summed E-state index contributed by atoms with van der Waals surface area (Å²) < 4.78 is 10.0. The van der Waals surface area contributed by atoms with Gasteiger partial charge in [-0.3, -0.25) is 0 Å². The molecule has 1 spiro atoms. The summed E-state index contributed by atoms with van der Waals surface area (Å²) in [5.41, 5.74) is 6.06. The van der Waals surface area contributed by atoms with Gasteiger partial charge in [-0.2, -0.15) is 0 Å². The first kappa shape index (κ1) is 31.0. The van der Waals surface area contributed by atoms with Gasteiger partial charge in [-0.1, -0.05) is 101 Å². The molecular weight excluding hydrogens is 470 g/mol. The van der Waals surface area contributed by atoms with Crippen molar-refractivity contribution in [2.45, 2.75) is 190 Å². The van der Waals surface area contributed by atoms with Gasteiger partial charge in [0.2, 0.25) is 0 Å². The van der Waals surface area contributed by atoms with Crippen molar-refractivity contribution >= 4 is 5.69 Å². The Hall–Kier alpha value is -0.980. The van der Waals surface area contributed by atoms with Crippen LogP contribution in [0, 0.1) is 16.2 Å². The van der Waals surface area contributed by atoms with E-state index < -0.39 is 5.89 Å². The second kappa shape index (κ2) is 10.7. The average Bonchev–Trinajstić information content (AvgIpc) is 2.79. The van der Waals surface area contributed by atoms with Crippen LogP contribution in [0.4, 0.5) is 5.69 Å². The molecule has 0 aliphatic heterocycles. The number of hydrogen-bond acceptors (Lipinski definition) is 1. The summed E-state index contributed by atoms with van der Waals surface area (Å²) in [5, 5.41) is 0. The lowest BCUT2D eigenvalue weighted by Gasteiger charge is -2.51. The normalized spacial score (nSPS) is 21.3. The van der Waals surface area contributed by atoms with Crippen LogP contribution in [-0.4, -0.2) is 11.6 Å². The Morgan fingerprint density at radius 2 is 1.10 bits per heavy atom. The zero-order chi connectivity index (χ0) is 30.7. The van der Waals surface area contributed by atoms with Crippen LogP contribution in [-0.2, 0) is 10.8 Å². The van der Waals surface area contributed by atoms with Crippen molar-refractivity contribution in [2.75, 3.05) is 4.90 Å². The molecule has 2 fully saturated rings. The fraction of sp³-hybridized carbons (Fsp3) is 0.842. The van der Waals surface area contributed by atoms with Crippen LogP contribution >= 0.6 is 0 Å². The topological polar surface area (TPSA) is 3.24 Å². The zero-order valence-corrected chi connectivity index (χ0v) is 29.0. The van der Waals surface area contributed by atoms with Crippen molar-refractivity contribution in [3.05, 3.63) is 28.8 Å². The van der Waals surface area contributed by atoms with Crippen molar-refractivity contribution in [2.24, 2.45) is 16.2 Å². The highest BCUT2D eigenvalue weighted by atomic mass is 15.2. The monoisotopic (exact) mass is 539 g/mol. The van der Waals surface area contributed by atoms with Gasteiger partial charge < -0.3 is 4.90 Å². The van der Waals surface area contributed by atoms with Crippen molar-refractivity contribution in [3.8, 4) is 0 Å². The molecule has 0 saturated heterocycles. The summed E-state index contributed by atoms with van der Waals surface area (Å²) in [7, 11) is 0. The Labute approximate surface area is 246 Å². The highest BCUT2D eigenvalue weighted by Gasteiger charge is 2.45. The molecule has 0 amide bonds. The number of nitrogens with zero attached hydrogens (tertiary/aromatic N) is 1. The summed E-state index contributed by atoms with van der Waals surface area (Å²) in [6, 6.07) is 5.41. The number of anilines is 1. The molecular formula is C38H67N. The summed E-state index contributed by atoms with van der Waals surface area (Å²) in [6.07, 6.45) is 11.4. The van der Waals surface area contributed by atoms with Crippen LogP contribution in [0.15, 0.2) is 12.1 Å². The fourth-order valence-corrected chi connectivity index (χ4v) is 7.40. The Bertz CT molecular complexity index is 974. The minimum absolute atomic E-state index is 0.0298. The van der Waals surface area contributed by atoms with Crippen LogP contribution in [0.25, 0.3) is 0 Å². The maximum atomic E-state index is 10.0. The van der Waals surface area contributed by atoms with Crippen LogP contribution in [0.5, 0.6) is 0 Å². The van der Waals surface area contributed by atoms with Crippen molar-refractivity contribution < 1.29 is 1.37 Å². The van der Waals surface area contributed by atoms with Crippen molar-refractivity contribution in [3.63, 3.8) is 0 Å². The van der Waals surface area contributed by atoms with E-state index in [4.69, 9.17) is 0 Å². The molecule has 224 valence electrons. The third-order valence-corrected chi connectivity index (χ3v) is 11.9. The quantitative estimate of drug-likeness (QED) is 0.360. The van der Waals surface area contributed by atoms with Gasteiger partial charge in [-0.25, -0.2) is 0 Å². The molecule has 2 aliphatic carbocycles. The first-order chi connectivity index (χ1) is 17.9. The predicted molar refractivity (Wildman–Crippen MR) is 175 cm³/mol. The van der Waals surface area contributed by atoms with Gasteiger partial charge >= 0.3 is 0 Å². The molecule has 3 rings (SSSR count). The standard InChI is InChI=1S/C38H67N/c1-27(2)39(35(9,10)11)32-30(36(12,13)33(3,4)5)25-29(26-31(32)37(14,15)34(6,7)8)28-19-23-38(24-20-28)21-17-16-18-22-38/h25-28H,16-24H2,1-15H3/i28D. The molecule has 2 aliphatic rings. The first-order valence-corrected chi connectivity index (χ1v) is 16.4. The summed E-state index contributed by atoms with van der Waals surface area (Å²) in [6.45, 7) is 36.1. The van der Waals surface area contributed by atoms with Crippen molar-refractivity contribution in [1.29, 1.82) is 0 Å². The molecule has 2 saturated carbocycles. The molecule has 1 nitrogen and oxygen atoms in total. The highest BCUT2D eigenvalue weighted by Crippen LogP contribution is 2.56. The van der Waals surface area contributed by atoms with E-state index in [2.05, 4.69) is 121 Å². The third-order valence-electron chi connectivity index (χ3n) is 11.9. The molecule has 0 heterocycles. The molecule has 0 atom stereocenters. The Kier molecular flexibility index (Phi) is 8.49. The van der Waals surface area contributed by atoms with E-state index in [1.54, 1.807) is 0 Å². The van der Waals surface area contributed by atoms with Gasteiger partial charge in [0.15, 0.2) is 0 Å². The Morgan fingerprint density at radius 1 is 0.692 bits per heavy atom. The first-order valence-electron chi connectivity index (χ1n) is 16.9. The summed E-state index contributed by atoms with van der Waals surface area (Å²) in [4.78, 5) is 2.71. The lowest BCUT2D eigenvalue weighted by molar-refractivity contribution is 0.114. The van der Waals surface area contributed by atoms with E-state index in [0.29, 0.717) is 11.5 Å². The summed E-state index contributed by atoms with van der Waals surface area (Å²) >= 11 is 0. The van der Waals surface area contributed by atoms with E-state index in [1.165, 1.54) is 67.3 Å². The predicted octanol–water partition coefficient (Wildman–Crippen LogP) is 12.0. The maximum absolute atomic E-state index is 10.0. The summed E-state index contributed by atoms with van der Waals surface area (Å²) in [5.74, 6) is -0.503. The van der Waals surface area contributed by atoms with E-state index >= 15 is 0 Å². The van der Waals surface area contributed by atoms with E-state index in [0.717, 1.165) is 12.8 Å². The van der Waals surface area contributed by atoms with Gasteiger partial charge in [-0.05, 0) is 123 Å². The molecule has 0 aromatic heterocycles. The fourth-order valence-electron chi connectivity index (χ4n) is 7.40. The average molecular weight is 539 g/mol. The lowest BCUT2D eigenvalue weighted by atomic mass is 9.59. The smallest absolute Gasteiger partial charge is 0.0449 e. The number of rotatable bonds is 5. The molecule has 0 bridgehead atoms. The van der Waals surface area contributed by atoms with Gasteiger partial charge in [0.1, 0.15) is 0 Å². The van der Waals surface area contributed by atoms with Gasteiger partial charge in [-0.15, -0.1) is 0 Å². The van der Waals surface area contributed by atoms with Gasteiger partial charge in [0.25, 0.3) is 0 Å². The van der Waals surface area contributed by atoms with Crippen LogP contribution in [0.3, 0.4) is 0 Å². The largest absolute Gasteiger partial charge is 0.364 e. The van der Waals surface area contributed by atoms with E-state index in [1.807, 2.05) is 0 Å². The minimum Gasteiger partial charge on any atom is -0.364 e. The van der Waals surface area contributed by atoms with Gasteiger partial charge in [0.05, 0.1) is 0 Å². The molecule has 1 aromatic carbocycles.